The van der Waals surface area contributed by atoms with Crippen LogP contribution in [-0.2, 0) is 9.59 Å². The topological polar surface area (TPSA) is 98.1 Å². The molecule has 1 aliphatic heterocycles. The number of hydrogen-bond acceptors (Lipinski definition) is 4. The van der Waals surface area contributed by atoms with Crippen LogP contribution in [0.1, 0.15) is 0 Å². The van der Waals surface area contributed by atoms with Crippen molar-refractivity contribution in [2.24, 2.45) is 0 Å². The maximum absolute atomic E-state index is 10.8. The molecular weight excluding hydrogens is 228 g/mol. The van der Waals surface area contributed by atoms with E-state index in [1.54, 1.807) is 4.90 Å². The zero-order valence-corrected chi connectivity index (χ0v) is 9.71. The predicted octanol–water partition coefficient (Wildman–Crippen LogP) is -1.72. The van der Waals surface area contributed by atoms with Gasteiger partial charge in [0, 0.05) is 13.1 Å². The van der Waals surface area contributed by atoms with Gasteiger partial charge >= 0.3 is 11.9 Å². The van der Waals surface area contributed by atoms with Crippen LogP contribution < -0.4 is 0 Å². The molecule has 0 unspecified atom stereocenters. The van der Waals surface area contributed by atoms with E-state index in [0.29, 0.717) is 37.2 Å². The van der Waals surface area contributed by atoms with Gasteiger partial charge in [-0.25, -0.2) is 4.79 Å². The first-order valence-corrected chi connectivity index (χ1v) is 5.59. The summed E-state index contributed by atoms with van der Waals surface area (Å²) in [4.78, 5) is 23.1. The zero-order chi connectivity index (χ0) is 12.9. The number of hydrogen-bond donors (Lipinski definition) is 3. The molecular formula is C10H19N2O5+. The van der Waals surface area contributed by atoms with Crippen LogP contribution in [0.15, 0.2) is 0 Å². The van der Waals surface area contributed by atoms with Crippen molar-refractivity contribution in [2.75, 3.05) is 52.4 Å². The summed E-state index contributed by atoms with van der Waals surface area (Å²) in [5.74, 6) is -1.75. The lowest BCUT2D eigenvalue weighted by Crippen LogP contribution is -2.62. The number of carboxylic acids is 2. The summed E-state index contributed by atoms with van der Waals surface area (Å²) in [6.45, 7) is 2.59. The Bertz CT molecular complexity index is 286. The van der Waals surface area contributed by atoms with Crippen LogP contribution in [0.4, 0.5) is 0 Å². The molecule has 1 aliphatic rings. The fourth-order valence-electron chi connectivity index (χ4n) is 2.24. The van der Waals surface area contributed by atoms with Gasteiger partial charge in [-0.3, -0.25) is 9.69 Å². The molecule has 17 heavy (non-hydrogen) atoms. The largest absolute Gasteiger partial charge is 0.480 e. The van der Waals surface area contributed by atoms with E-state index in [0.717, 1.165) is 0 Å². The highest BCUT2D eigenvalue weighted by atomic mass is 16.4. The van der Waals surface area contributed by atoms with Gasteiger partial charge in [-0.2, -0.15) is 0 Å². The Morgan fingerprint density at radius 2 is 1.71 bits per heavy atom. The van der Waals surface area contributed by atoms with Crippen LogP contribution in [-0.4, -0.2) is 89.1 Å². The quantitative estimate of drug-likeness (QED) is 0.483. The molecule has 1 rings (SSSR count). The van der Waals surface area contributed by atoms with E-state index >= 15 is 0 Å². The Labute approximate surface area is 99.5 Å². The molecule has 1 heterocycles. The van der Waals surface area contributed by atoms with Gasteiger partial charge in [-0.15, -0.1) is 0 Å². The summed E-state index contributed by atoms with van der Waals surface area (Å²) >= 11 is 0. The standard InChI is InChI=1S/C10H18N2O5/c13-6-5-12(8-10(16)17)3-1-11(2-4-12)7-9(14)15/h13H,1-8H2,(H-,14,15,16,17)/p+1. The summed E-state index contributed by atoms with van der Waals surface area (Å²) in [7, 11) is 0. The van der Waals surface area contributed by atoms with Gasteiger partial charge in [0.15, 0.2) is 6.54 Å². The van der Waals surface area contributed by atoms with E-state index in [2.05, 4.69) is 0 Å². The van der Waals surface area contributed by atoms with Crippen molar-refractivity contribution in [3.63, 3.8) is 0 Å². The van der Waals surface area contributed by atoms with Crippen LogP contribution >= 0.6 is 0 Å². The summed E-state index contributed by atoms with van der Waals surface area (Å²) < 4.78 is 0.335. The van der Waals surface area contributed by atoms with Crippen LogP contribution in [0.2, 0.25) is 0 Å². The first-order chi connectivity index (χ1) is 7.97. The van der Waals surface area contributed by atoms with Crippen molar-refractivity contribution < 1.29 is 29.4 Å². The molecule has 0 amide bonds. The van der Waals surface area contributed by atoms with Crippen LogP contribution in [0.3, 0.4) is 0 Å². The van der Waals surface area contributed by atoms with Crippen LogP contribution in [0, 0.1) is 0 Å². The second-order valence-corrected chi connectivity index (χ2v) is 4.46. The molecule has 1 fully saturated rings. The molecule has 0 aromatic carbocycles. The van der Waals surface area contributed by atoms with E-state index in [9.17, 15) is 9.59 Å². The SMILES string of the molecule is O=C(O)CN1CC[N+](CCO)(CC(=O)O)CC1. The Balaban J connectivity index is 2.54. The lowest BCUT2D eigenvalue weighted by atomic mass is 10.2. The maximum atomic E-state index is 10.8. The molecule has 0 spiro atoms. The fourth-order valence-corrected chi connectivity index (χ4v) is 2.24. The van der Waals surface area contributed by atoms with Crippen LogP contribution in [0.5, 0.6) is 0 Å². The van der Waals surface area contributed by atoms with Crippen LogP contribution in [0.25, 0.3) is 0 Å². The van der Waals surface area contributed by atoms with E-state index in [4.69, 9.17) is 15.3 Å². The maximum Gasteiger partial charge on any atom is 0.359 e. The van der Waals surface area contributed by atoms with Crippen molar-refractivity contribution in [3.8, 4) is 0 Å². The Hall–Kier alpha value is -1.18. The Morgan fingerprint density at radius 1 is 1.12 bits per heavy atom. The molecule has 1 saturated heterocycles. The van der Waals surface area contributed by atoms with Gasteiger partial charge in [0.25, 0.3) is 0 Å². The minimum Gasteiger partial charge on any atom is -0.480 e. The van der Waals surface area contributed by atoms with E-state index < -0.39 is 11.9 Å². The first-order valence-electron chi connectivity index (χ1n) is 5.59. The molecule has 0 aromatic heterocycles. The molecule has 0 aromatic rings. The van der Waals surface area contributed by atoms with E-state index in [-0.39, 0.29) is 19.7 Å². The summed E-state index contributed by atoms with van der Waals surface area (Å²) in [5.41, 5.74) is 0. The molecule has 0 radical (unpaired) electrons. The van der Waals surface area contributed by atoms with Crippen molar-refractivity contribution in [1.82, 2.24) is 4.90 Å². The number of aliphatic hydroxyl groups excluding tert-OH is 1. The third kappa shape index (κ3) is 4.29. The van der Waals surface area contributed by atoms with Crippen molar-refractivity contribution in [3.05, 3.63) is 0 Å². The summed E-state index contributed by atoms with van der Waals surface area (Å²) in [5, 5.41) is 26.5. The fraction of sp³-hybridized carbons (Fsp3) is 0.800. The number of piperazine rings is 1. The normalized spacial score (nSPS) is 20.1. The predicted molar refractivity (Wildman–Crippen MR) is 58.5 cm³/mol. The molecule has 7 heteroatoms. The summed E-state index contributed by atoms with van der Waals surface area (Å²) in [6.07, 6.45) is 0. The smallest absolute Gasteiger partial charge is 0.359 e. The molecule has 3 N–H and O–H groups in total. The highest BCUT2D eigenvalue weighted by Crippen LogP contribution is 2.12. The zero-order valence-electron chi connectivity index (χ0n) is 9.71. The highest BCUT2D eigenvalue weighted by Gasteiger charge is 2.34. The van der Waals surface area contributed by atoms with E-state index in [1.165, 1.54) is 0 Å². The van der Waals surface area contributed by atoms with Gasteiger partial charge in [-0.05, 0) is 0 Å². The number of aliphatic hydroxyl groups is 1. The molecule has 0 bridgehead atoms. The van der Waals surface area contributed by atoms with Gasteiger partial charge in [0.2, 0.25) is 0 Å². The lowest BCUT2D eigenvalue weighted by Gasteiger charge is -2.43. The van der Waals surface area contributed by atoms with Crippen molar-refractivity contribution in [1.29, 1.82) is 0 Å². The third-order valence-electron chi connectivity index (χ3n) is 3.19. The number of nitrogens with zero attached hydrogens (tertiary/aromatic N) is 2. The Morgan fingerprint density at radius 3 is 2.12 bits per heavy atom. The minimum absolute atomic E-state index is 0.00774. The number of carbonyl (C=O) groups is 2. The highest BCUT2D eigenvalue weighted by molar-refractivity contribution is 5.69. The first kappa shape index (κ1) is 13.9. The molecule has 0 aliphatic carbocycles. The second kappa shape index (κ2) is 5.95. The van der Waals surface area contributed by atoms with Crippen molar-refractivity contribution >= 4 is 11.9 Å². The lowest BCUT2D eigenvalue weighted by molar-refractivity contribution is -0.925. The van der Waals surface area contributed by atoms with E-state index in [1.807, 2.05) is 0 Å². The number of quaternary nitrogens is 1. The third-order valence-corrected chi connectivity index (χ3v) is 3.19. The van der Waals surface area contributed by atoms with Crippen molar-refractivity contribution in [2.45, 2.75) is 0 Å². The van der Waals surface area contributed by atoms with Gasteiger partial charge < -0.3 is 19.8 Å². The minimum atomic E-state index is -0.884. The monoisotopic (exact) mass is 247 g/mol. The Kier molecular flexibility index (Phi) is 4.86. The van der Waals surface area contributed by atoms with Gasteiger partial charge in [0.05, 0.1) is 26.2 Å². The molecule has 0 saturated carbocycles. The molecule has 7 nitrogen and oxygen atoms in total. The number of carboxylic acid groups (broad SMARTS) is 2. The number of aliphatic carboxylic acids is 2. The summed E-state index contributed by atoms with van der Waals surface area (Å²) in [6, 6.07) is 0. The van der Waals surface area contributed by atoms with Gasteiger partial charge in [-0.1, -0.05) is 0 Å². The average molecular weight is 247 g/mol. The van der Waals surface area contributed by atoms with Gasteiger partial charge in [0.1, 0.15) is 6.54 Å². The molecule has 0 atom stereocenters. The molecule has 98 valence electrons. The number of rotatable bonds is 6. The average Bonchev–Trinajstić information content (AvgIpc) is 2.20. The second-order valence-electron chi connectivity index (χ2n) is 4.46.